The van der Waals surface area contributed by atoms with Crippen molar-refractivity contribution >= 4 is 28.7 Å². The first-order valence-electron chi connectivity index (χ1n) is 7.09. The fraction of sp³-hybridized carbons (Fsp3) is 0.118. The number of nitrogens with zero attached hydrogens (tertiary/aromatic N) is 2. The number of para-hydroxylation sites is 1. The van der Waals surface area contributed by atoms with Crippen LogP contribution in [0.3, 0.4) is 0 Å². The van der Waals surface area contributed by atoms with Crippen molar-refractivity contribution in [2.24, 2.45) is 5.10 Å². The first kappa shape index (κ1) is 18.4. The van der Waals surface area contributed by atoms with E-state index in [0.29, 0.717) is 11.3 Å². The molecule has 8 heteroatoms. The molecule has 2 rings (SSSR count). The van der Waals surface area contributed by atoms with E-state index in [9.17, 15) is 13.2 Å². The molecule has 0 spiro atoms. The van der Waals surface area contributed by atoms with E-state index in [4.69, 9.17) is 17.5 Å². The van der Waals surface area contributed by atoms with Crippen LogP contribution in [0.25, 0.3) is 0 Å². The van der Waals surface area contributed by atoms with Crippen LogP contribution in [-0.2, 0) is 6.18 Å². The molecule has 0 saturated heterocycles. The van der Waals surface area contributed by atoms with Crippen LogP contribution in [0.4, 0.5) is 18.9 Å². The van der Waals surface area contributed by atoms with E-state index in [1.54, 1.807) is 31.2 Å². The summed E-state index contributed by atoms with van der Waals surface area (Å²) in [6, 6.07) is 13.8. The lowest BCUT2D eigenvalue weighted by molar-refractivity contribution is -0.136. The summed E-state index contributed by atoms with van der Waals surface area (Å²) in [5, 5.41) is 15.2. The third kappa shape index (κ3) is 5.02. The molecule has 2 aromatic carbocycles. The third-order valence-corrected chi connectivity index (χ3v) is 3.43. The van der Waals surface area contributed by atoms with Crippen molar-refractivity contribution in [3.63, 3.8) is 0 Å². The van der Waals surface area contributed by atoms with E-state index >= 15 is 0 Å². The highest BCUT2D eigenvalue weighted by atomic mass is 32.1. The Bertz CT molecular complexity index is 836. The number of hydrazone groups is 1. The molecule has 25 heavy (non-hydrogen) atoms. The molecule has 0 saturated carbocycles. The van der Waals surface area contributed by atoms with E-state index in [-0.39, 0.29) is 10.8 Å². The molecule has 2 N–H and O–H groups in total. The van der Waals surface area contributed by atoms with Gasteiger partial charge in [0.25, 0.3) is 0 Å². The zero-order valence-corrected chi connectivity index (χ0v) is 13.9. The third-order valence-electron chi connectivity index (χ3n) is 3.24. The molecule has 0 aliphatic carbocycles. The number of anilines is 1. The smallest absolute Gasteiger partial charge is 0.331 e. The van der Waals surface area contributed by atoms with Crippen molar-refractivity contribution in [3.8, 4) is 6.07 Å². The second-order valence-corrected chi connectivity index (χ2v) is 5.40. The van der Waals surface area contributed by atoms with Gasteiger partial charge < -0.3 is 5.32 Å². The Labute approximate surface area is 148 Å². The average Bonchev–Trinajstić information content (AvgIpc) is 2.59. The van der Waals surface area contributed by atoms with Crippen LogP contribution in [0, 0.1) is 11.3 Å². The topological polar surface area (TPSA) is 60.2 Å². The van der Waals surface area contributed by atoms with Gasteiger partial charge in [-0.3, -0.25) is 5.43 Å². The Morgan fingerprint density at radius 2 is 1.76 bits per heavy atom. The normalized spacial score (nSPS) is 11.6. The predicted octanol–water partition coefficient (Wildman–Crippen LogP) is 4.29. The summed E-state index contributed by atoms with van der Waals surface area (Å²) in [6.07, 6.45) is -4.49. The van der Waals surface area contributed by atoms with Gasteiger partial charge in [-0.15, -0.1) is 0 Å². The highest BCUT2D eigenvalue weighted by molar-refractivity contribution is 7.80. The van der Waals surface area contributed by atoms with E-state index in [2.05, 4.69) is 15.8 Å². The monoisotopic (exact) mass is 362 g/mol. The van der Waals surface area contributed by atoms with Crippen LogP contribution in [0.5, 0.6) is 0 Å². The molecule has 0 amide bonds. The van der Waals surface area contributed by atoms with Gasteiger partial charge in [0.1, 0.15) is 0 Å². The number of nitrogens with one attached hydrogen (secondary N) is 2. The minimum atomic E-state index is -4.49. The number of benzene rings is 2. The van der Waals surface area contributed by atoms with E-state index in [1.165, 1.54) is 18.2 Å². The van der Waals surface area contributed by atoms with Crippen LogP contribution in [0.1, 0.15) is 23.6 Å². The van der Waals surface area contributed by atoms with E-state index in [0.717, 1.165) is 11.6 Å². The number of alkyl halides is 3. The van der Waals surface area contributed by atoms with Gasteiger partial charge >= 0.3 is 6.18 Å². The molecule has 0 fully saturated rings. The van der Waals surface area contributed by atoms with Gasteiger partial charge in [-0.1, -0.05) is 24.3 Å². The van der Waals surface area contributed by atoms with Gasteiger partial charge in [0.2, 0.25) is 0 Å². The summed E-state index contributed by atoms with van der Waals surface area (Å²) >= 11 is 4.99. The minimum Gasteiger partial charge on any atom is -0.331 e. The second-order valence-electron chi connectivity index (χ2n) is 5.00. The van der Waals surface area contributed by atoms with Crippen LogP contribution >= 0.6 is 12.2 Å². The lowest BCUT2D eigenvalue weighted by atomic mass is 10.1. The molecule has 2 aromatic rings. The zero-order chi connectivity index (χ0) is 18.4. The zero-order valence-electron chi connectivity index (χ0n) is 13.1. The average molecular weight is 362 g/mol. The molecule has 0 aliphatic heterocycles. The number of nitriles is 1. The fourth-order valence-electron chi connectivity index (χ4n) is 1.97. The van der Waals surface area contributed by atoms with Crippen molar-refractivity contribution < 1.29 is 13.2 Å². The summed E-state index contributed by atoms with van der Waals surface area (Å²) < 4.78 is 38.8. The number of thiocarbonyl (C=S) groups is 1. The molecule has 0 aliphatic rings. The number of rotatable bonds is 3. The standard InChI is InChI=1S/C17H13F3N4S/c1-11(13-8-6-12(10-21)7-9-13)23-24-16(25)22-15-5-3-2-4-14(15)17(18,19)20/h2-9H,1H3,(H2,22,24,25)/b23-11-. The summed E-state index contributed by atoms with van der Waals surface area (Å²) in [5.74, 6) is 0. The predicted molar refractivity (Wildman–Crippen MR) is 94.2 cm³/mol. The van der Waals surface area contributed by atoms with Gasteiger partial charge in [0, 0.05) is 0 Å². The molecule has 128 valence electrons. The number of hydrogen-bond donors (Lipinski definition) is 2. The maximum atomic E-state index is 12.9. The second kappa shape index (κ2) is 7.77. The van der Waals surface area contributed by atoms with Crippen molar-refractivity contribution in [2.45, 2.75) is 13.1 Å². The van der Waals surface area contributed by atoms with Crippen LogP contribution < -0.4 is 10.7 Å². The Hall–Kier alpha value is -2.92. The first-order valence-corrected chi connectivity index (χ1v) is 7.50. The maximum absolute atomic E-state index is 12.9. The van der Waals surface area contributed by atoms with Gasteiger partial charge in [-0.2, -0.15) is 23.5 Å². The van der Waals surface area contributed by atoms with Crippen molar-refractivity contribution in [2.75, 3.05) is 5.32 Å². The largest absolute Gasteiger partial charge is 0.418 e. The van der Waals surface area contributed by atoms with Gasteiger partial charge in [0.15, 0.2) is 5.11 Å². The highest BCUT2D eigenvalue weighted by Crippen LogP contribution is 2.34. The van der Waals surface area contributed by atoms with Gasteiger partial charge in [-0.05, 0) is 49.0 Å². The Balaban J connectivity index is 2.07. The minimum absolute atomic E-state index is 0.0651. The van der Waals surface area contributed by atoms with Gasteiger partial charge in [0.05, 0.1) is 28.6 Å². The Kier molecular flexibility index (Phi) is 5.72. The molecule has 4 nitrogen and oxygen atoms in total. The first-order chi connectivity index (χ1) is 11.8. The Morgan fingerprint density at radius 3 is 2.36 bits per heavy atom. The van der Waals surface area contributed by atoms with Crippen molar-refractivity contribution in [1.82, 2.24) is 5.43 Å². The molecular formula is C17H13F3N4S. The number of halogens is 3. The quantitative estimate of drug-likeness (QED) is 0.486. The lowest BCUT2D eigenvalue weighted by Crippen LogP contribution is -2.26. The van der Waals surface area contributed by atoms with E-state index in [1.807, 2.05) is 6.07 Å². The maximum Gasteiger partial charge on any atom is 0.418 e. The lowest BCUT2D eigenvalue weighted by Gasteiger charge is -2.14. The Morgan fingerprint density at radius 1 is 1.12 bits per heavy atom. The molecule has 0 heterocycles. The van der Waals surface area contributed by atoms with E-state index < -0.39 is 11.7 Å². The fourth-order valence-corrected chi connectivity index (χ4v) is 2.13. The molecule has 0 unspecified atom stereocenters. The molecule has 0 radical (unpaired) electrons. The summed E-state index contributed by atoms with van der Waals surface area (Å²) in [6.45, 7) is 1.71. The molecular weight excluding hydrogens is 349 g/mol. The summed E-state index contributed by atoms with van der Waals surface area (Å²) in [5.41, 5.74) is 3.39. The molecule has 0 bridgehead atoms. The highest BCUT2D eigenvalue weighted by Gasteiger charge is 2.33. The van der Waals surface area contributed by atoms with Crippen LogP contribution in [0.15, 0.2) is 53.6 Å². The summed E-state index contributed by atoms with van der Waals surface area (Å²) in [7, 11) is 0. The van der Waals surface area contributed by atoms with Crippen LogP contribution in [0.2, 0.25) is 0 Å². The van der Waals surface area contributed by atoms with Crippen LogP contribution in [-0.4, -0.2) is 10.8 Å². The van der Waals surface area contributed by atoms with Crippen molar-refractivity contribution in [3.05, 3.63) is 65.2 Å². The van der Waals surface area contributed by atoms with Gasteiger partial charge in [-0.25, -0.2) is 0 Å². The number of hydrogen-bond acceptors (Lipinski definition) is 3. The molecule has 0 atom stereocenters. The molecule has 0 aromatic heterocycles. The summed E-state index contributed by atoms with van der Waals surface area (Å²) in [4.78, 5) is 0. The van der Waals surface area contributed by atoms with Crippen molar-refractivity contribution in [1.29, 1.82) is 5.26 Å². The SMILES string of the molecule is C/C(=N/NC(=S)Nc1ccccc1C(F)(F)F)c1ccc(C#N)cc1.